The lowest BCUT2D eigenvalue weighted by Gasteiger charge is -2.26. The van der Waals surface area contributed by atoms with Crippen molar-refractivity contribution < 1.29 is 41.6 Å². The van der Waals surface area contributed by atoms with Gasteiger partial charge in [-0.15, -0.1) is 11.3 Å². The van der Waals surface area contributed by atoms with Crippen LogP contribution in [0.1, 0.15) is 4.88 Å². The van der Waals surface area contributed by atoms with Crippen LogP contribution in [-0.4, -0.2) is 49.7 Å². The molecule has 34 heavy (non-hydrogen) atoms. The summed E-state index contributed by atoms with van der Waals surface area (Å²) in [6.45, 7) is -6.04. The zero-order valence-corrected chi connectivity index (χ0v) is 18.8. The molecule has 0 saturated heterocycles. The number of rotatable bonds is 13. The number of aromatic nitrogens is 1. The second kappa shape index (κ2) is 12.4. The highest BCUT2D eigenvalue weighted by Gasteiger charge is 2.19. The number of alkyl halides is 4. The van der Waals surface area contributed by atoms with Crippen molar-refractivity contribution in [3.05, 3.63) is 59.0 Å². The lowest BCUT2D eigenvalue weighted by molar-refractivity contribution is -0.0692. The maximum absolute atomic E-state index is 12.9. The van der Waals surface area contributed by atoms with Crippen LogP contribution in [0.25, 0.3) is 0 Å². The van der Waals surface area contributed by atoms with Crippen LogP contribution in [0, 0.1) is 0 Å². The highest BCUT2D eigenvalue weighted by molar-refractivity contribution is 7.09. The minimum atomic E-state index is -3.24. The van der Waals surface area contributed by atoms with Crippen molar-refractivity contribution in [3.8, 4) is 17.2 Å². The molecule has 2 aromatic carbocycles. The minimum Gasteiger partial charge on any atom is -0.491 e. The van der Waals surface area contributed by atoms with Crippen molar-refractivity contribution in [3.63, 3.8) is 0 Å². The number of ether oxygens (including phenoxy) is 4. The van der Waals surface area contributed by atoms with Gasteiger partial charge in [0.1, 0.15) is 18.5 Å². The number of aliphatic hydroxyl groups is 1. The van der Waals surface area contributed by atoms with Gasteiger partial charge in [0.2, 0.25) is 0 Å². The van der Waals surface area contributed by atoms with Crippen LogP contribution in [-0.2, 0) is 11.3 Å². The van der Waals surface area contributed by atoms with E-state index in [-0.39, 0.29) is 13.2 Å². The van der Waals surface area contributed by atoms with Crippen molar-refractivity contribution in [2.45, 2.75) is 25.9 Å². The smallest absolute Gasteiger partial charge is 0.387 e. The molecule has 0 aliphatic carbocycles. The molecular formula is C22H22F4N2O5S. The molecule has 1 aromatic heterocycles. The molecule has 1 unspecified atom stereocenters. The SMILES string of the molecule is COCC(O)COc1cccc(N(Cc2cncs2)c2ccc(OC(F)F)c(OC(F)F)c2)c1. The lowest BCUT2D eigenvalue weighted by Crippen LogP contribution is -2.22. The molecule has 1 N–H and O–H groups in total. The molecule has 3 aromatic rings. The monoisotopic (exact) mass is 502 g/mol. The van der Waals surface area contributed by atoms with Crippen molar-refractivity contribution >= 4 is 22.7 Å². The maximum atomic E-state index is 12.9. The van der Waals surface area contributed by atoms with Gasteiger partial charge >= 0.3 is 13.2 Å². The van der Waals surface area contributed by atoms with E-state index in [4.69, 9.17) is 9.47 Å². The van der Waals surface area contributed by atoms with Gasteiger partial charge in [-0.05, 0) is 24.3 Å². The number of halogens is 4. The molecule has 0 saturated carbocycles. The molecular weight excluding hydrogens is 480 g/mol. The molecule has 0 aliphatic heterocycles. The Balaban J connectivity index is 1.94. The summed E-state index contributed by atoms with van der Waals surface area (Å²) < 4.78 is 70.5. The molecule has 0 amide bonds. The molecule has 0 bridgehead atoms. The quantitative estimate of drug-likeness (QED) is 0.327. The summed E-state index contributed by atoms with van der Waals surface area (Å²) in [6.07, 6.45) is 0.836. The normalized spacial score (nSPS) is 12.1. The Labute approximate surface area is 197 Å². The first-order chi connectivity index (χ1) is 16.4. The summed E-state index contributed by atoms with van der Waals surface area (Å²) >= 11 is 1.38. The van der Waals surface area contributed by atoms with Gasteiger partial charge in [-0.1, -0.05) is 6.07 Å². The van der Waals surface area contributed by atoms with Crippen LogP contribution in [0.15, 0.2) is 54.2 Å². The van der Waals surface area contributed by atoms with Gasteiger partial charge in [-0.25, -0.2) is 0 Å². The van der Waals surface area contributed by atoms with Crippen LogP contribution in [0.5, 0.6) is 17.2 Å². The van der Waals surface area contributed by atoms with E-state index in [1.54, 1.807) is 40.9 Å². The van der Waals surface area contributed by atoms with E-state index in [9.17, 15) is 22.7 Å². The number of hydrogen-bond acceptors (Lipinski definition) is 8. The fourth-order valence-electron chi connectivity index (χ4n) is 3.03. The van der Waals surface area contributed by atoms with E-state index in [1.165, 1.54) is 30.6 Å². The summed E-state index contributed by atoms with van der Waals surface area (Å²) in [5.74, 6) is -0.595. The molecule has 12 heteroatoms. The van der Waals surface area contributed by atoms with E-state index >= 15 is 0 Å². The number of aliphatic hydroxyl groups excluding tert-OH is 1. The average Bonchev–Trinajstić information content (AvgIpc) is 3.30. The highest BCUT2D eigenvalue weighted by atomic mass is 32.1. The molecule has 184 valence electrons. The Morgan fingerprint density at radius 3 is 2.38 bits per heavy atom. The van der Waals surface area contributed by atoms with E-state index < -0.39 is 30.8 Å². The third-order valence-electron chi connectivity index (χ3n) is 4.40. The summed E-state index contributed by atoms with van der Waals surface area (Å²) in [7, 11) is 1.46. The number of anilines is 2. The number of benzene rings is 2. The molecule has 0 aliphatic rings. The molecule has 0 radical (unpaired) electrons. The van der Waals surface area contributed by atoms with E-state index in [2.05, 4.69) is 14.5 Å². The predicted octanol–water partition coefficient (Wildman–Crippen LogP) is 5.07. The van der Waals surface area contributed by atoms with E-state index in [1.807, 2.05) is 0 Å². The fourth-order valence-corrected chi connectivity index (χ4v) is 3.61. The third-order valence-corrected chi connectivity index (χ3v) is 5.16. The first-order valence-electron chi connectivity index (χ1n) is 9.94. The molecule has 7 nitrogen and oxygen atoms in total. The molecule has 0 spiro atoms. The second-order valence-corrected chi connectivity index (χ2v) is 7.83. The van der Waals surface area contributed by atoms with Crippen LogP contribution in [0.2, 0.25) is 0 Å². The van der Waals surface area contributed by atoms with Gasteiger partial charge in [-0.3, -0.25) is 4.98 Å². The Morgan fingerprint density at radius 2 is 1.71 bits per heavy atom. The standard InChI is InChI=1S/C22H22F4N2O5S/c1-30-11-16(29)12-31-17-4-2-3-14(7-17)28(10-18-9-27-13-34-18)15-5-6-19(32-21(23)24)20(8-15)33-22(25)26/h2-9,13,16,21-22,29H,10-12H2,1H3. The van der Waals surface area contributed by atoms with Crippen LogP contribution < -0.4 is 19.1 Å². The molecule has 3 rings (SSSR count). The Hall–Kier alpha value is -3.09. The van der Waals surface area contributed by atoms with Gasteiger partial charge in [-0.2, -0.15) is 17.6 Å². The van der Waals surface area contributed by atoms with Crippen LogP contribution >= 0.6 is 11.3 Å². The van der Waals surface area contributed by atoms with Crippen molar-refractivity contribution in [2.24, 2.45) is 0 Å². The topological polar surface area (TPSA) is 73.3 Å². The number of nitrogens with zero attached hydrogens (tertiary/aromatic N) is 2. The van der Waals surface area contributed by atoms with E-state index in [0.717, 1.165) is 10.9 Å². The summed E-state index contributed by atoms with van der Waals surface area (Å²) in [5.41, 5.74) is 2.63. The Morgan fingerprint density at radius 1 is 0.971 bits per heavy atom. The molecule has 1 heterocycles. The third kappa shape index (κ3) is 7.47. The number of methoxy groups -OCH3 is 1. The van der Waals surface area contributed by atoms with Crippen LogP contribution in [0.3, 0.4) is 0 Å². The van der Waals surface area contributed by atoms with Gasteiger partial charge in [0, 0.05) is 41.7 Å². The Kier molecular flexibility index (Phi) is 9.31. The van der Waals surface area contributed by atoms with Gasteiger partial charge < -0.3 is 29.0 Å². The number of thiazole rings is 1. The van der Waals surface area contributed by atoms with Gasteiger partial charge in [0.25, 0.3) is 0 Å². The van der Waals surface area contributed by atoms with Crippen LogP contribution in [0.4, 0.5) is 28.9 Å². The van der Waals surface area contributed by atoms with Gasteiger partial charge in [0.05, 0.1) is 18.7 Å². The second-order valence-electron chi connectivity index (χ2n) is 6.86. The first-order valence-corrected chi connectivity index (χ1v) is 10.8. The summed E-state index contributed by atoms with van der Waals surface area (Å²) in [6, 6.07) is 10.7. The molecule has 0 fully saturated rings. The summed E-state index contributed by atoms with van der Waals surface area (Å²) in [5, 5.41) is 9.82. The lowest BCUT2D eigenvalue weighted by atomic mass is 10.2. The zero-order valence-electron chi connectivity index (χ0n) is 17.9. The van der Waals surface area contributed by atoms with Crippen molar-refractivity contribution in [2.75, 3.05) is 25.2 Å². The van der Waals surface area contributed by atoms with E-state index in [0.29, 0.717) is 23.7 Å². The maximum Gasteiger partial charge on any atom is 0.387 e. The number of hydrogen-bond donors (Lipinski definition) is 1. The first kappa shape index (κ1) is 25.5. The van der Waals surface area contributed by atoms with Gasteiger partial charge in [0.15, 0.2) is 11.5 Å². The molecule has 1 atom stereocenters. The Bertz CT molecular complexity index is 1030. The average molecular weight is 502 g/mol. The highest BCUT2D eigenvalue weighted by Crippen LogP contribution is 2.38. The largest absolute Gasteiger partial charge is 0.491 e. The fraction of sp³-hybridized carbons (Fsp3) is 0.318. The summed E-state index contributed by atoms with van der Waals surface area (Å²) in [4.78, 5) is 6.65. The minimum absolute atomic E-state index is 0.00181. The van der Waals surface area contributed by atoms with Crippen molar-refractivity contribution in [1.82, 2.24) is 4.98 Å². The predicted molar refractivity (Wildman–Crippen MR) is 117 cm³/mol. The van der Waals surface area contributed by atoms with Crippen molar-refractivity contribution in [1.29, 1.82) is 0 Å². The zero-order chi connectivity index (χ0) is 24.5.